The second-order valence-electron chi connectivity index (χ2n) is 6.83. The molecular formula is C24H21N3O4. The fourth-order valence-corrected chi connectivity index (χ4v) is 2.98. The van der Waals surface area contributed by atoms with Crippen molar-refractivity contribution in [2.45, 2.75) is 6.92 Å². The lowest BCUT2D eigenvalue weighted by molar-refractivity contribution is -0.118. The van der Waals surface area contributed by atoms with Crippen LogP contribution in [-0.4, -0.2) is 29.8 Å². The molecule has 0 bridgehead atoms. The van der Waals surface area contributed by atoms with Crippen molar-refractivity contribution in [3.05, 3.63) is 78.4 Å². The number of hydrogen-bond acceptors (Lipinski definition) is 6. The summed E-state index contributed by atoms with van der Waals surface area (Å²) in [6.45, 7) is 1.79. The van der Waals surface area contributed by atoms with E-state index in [9.17, 15) is 4.79 Å². The van der Waals surface area contributed by atoms with Gasteiger partial charge in [0.25, 0.3) is 11.8 Å². The van der Waals surface area contributed by atoms with Gasteiger partial charge in [-0.3, -0.25) is 4.79 Å². The van der Waals surface area contributed by atoms with E-state index >= 15 is 0 Å². The van der Waals surface area contributed by atoms with Crippen LogP contribution in [0, 0.1) is 6.92 Å². The van der Waals surface area contributed by atoms with E-state index < -0.39 is 0 Å². The molecule has 7 heteroatoms. The SMILES string of the molecule is COc1ccc(NC(=O)COc2ccc(-c3nc(-c4ccccc4)no3)cc2)c(C)c1. The molecule has 1 aromatic heterocycles. The number of benzene rings is 3. The van der Waals surface area contributed by atoms with Crippen LogP contribution < -0.4 is 14.8 Å². The molecule has 0 aliphatic rings. The van der Waals surface area contributed by atoms with E-state index in [2.05, 4.69) is 15.5 Å². The molecule has 31 heavy (non-hydrogen) atoms. The van der Waals surface area contributed by atoms with Gasteiger partial charge in [0.05, 0.1) is 7.11 Å². The van der Waals surface area contributed by atoms with Gasteiger partial charge >= 0.3 is 0 Å². The number of aryl methyl sites for hydroxylation is 1. The van der Waals surface area contributed by atoms with Crippen LogP contribution in [-0.2, 0) is 4.79 Å². The molecule has 0 aliphatic heterocycles. The zero-order chi connectivity index (χ0) is 21.6. The van der Waals surface area contributed by atoms with Gasteiger partial charge in [0.1, 0.15) is 11.5 Å². The van der Waals surface area contributed by atoms with Crippen LogP contribution in [0.15, 0.2) is 77.3 Å². The van der Waals surface area contributed by atoms with E-state index in [1.807, 2.05) is 55.5 Å². The molecule has 1 N–H and O–H groups in total. The number of carbonyl (C=O) groups excluding carboxylic acids is 1. The number of anilines is 1. The number of nitrogens with one attached hydrogen (secondary N) is 1. The summed E-state index contributed by atoms with van der Waals surface area (Å²) in [6, 6.07) is 22.2. The van der Waals surface area contributed by atoms with E-state index in [1.165, 1.54) is 0 Å². The highest BCUT2D eigenvalue weighted by atomic mass is 16.5. The molecule has 0 fully saturated rings. The molecule has 1 amide bonds. The van der Waals surface area contributed by atoms with Crippen LogP contribution in [0.3, 0.4) is 0 Å². The van der Waals surface area contributed by atoms with Crippen LogP contribution in [0.25, 0.3) is 22.8 Å². The molecule has 7 nitrogen and oxygen atoms in total. The fraction of sp³-hybridized carbons (Fsp3) is 0.125. The molecule has 4 aromatic rings. The van der Waals surface area contributed by atoms with Gasteiger partial charge in [0.2, 0.25) is 5.82 Å². The van der Waals surface area contributed by atoms with Gasteiger partial charge in [-0.1, -0.05) is 35.5 Å². The highest BCUT2D eigenvalue weighted by Gasteiger charge is 2.11. The highest BCUT2D eigenvalue weighted by Crippen LogP contribution is 2.24. The van der Waals surface area contributed by atoms with Gasteiger partial charge in [-0.2, -0.15) is 4.98 Å². The summed E-state index contributed by atoms with van der Waals surface area (Å²) >= 11 is 0. The van der Waals surface area contributed by atoms with Crippen LogP contribution in [0.4, 0.5) is 5.69 Å². The molecule has 0 radical (unpaired) electrons. The van der Waals surface area contributed by atoms with Crippen molar-refractivity contribution in [2.75, 3.05) is 19.0 Å². The molecule has 4 rings (SSSR count). The normalized spacial score (nSPS) is 10.5. The Hall–Kier alpha value is -4.13. The van der Waals surface area contributed by atoms with Crippen molar-refractivity contribution >= 4 is 11.6 Å². The molecule has 3 aromatic carbocycles. The first kappa shape index (κ1) is 20.2. The predicted octanol–water partition coefficient (Wildman–Crippen LogP) is 4.74. The van der Waals surface area contributed by atoms with E-state index in [4.69, 9.17) is 14.0 Å². The molecule has 0 saturated heterocycles. The molecule has 0 unspecified atom stereocenters. The van der Waals surface area contributed by atoms with Gasteiger partial charge in [0.15, 0.2) is 6.61 Å². The Morgan fingerprint density at radius 2 is 1.71 bits per heavy atom. The Balaban J connectivity index is 1.35. The lowest BCUT2D eigenvalue weighted by Gasteiger charge is -2.11. The lowest BCUT2D eigenvalue weighted by Crippen LogP contribution is -2.20. The van der Waals surface area contributed by atoms with Crippen molar-refractivity contribution in [3.8, 4) is 34.3 Å². The van der Waals surface area contributed by atoms with E-state index in [1.54, 1.807) is 31.4 Å². The van der Waals surface area contributed by atoms with Crippen molar-refractivity contribution in [1.82, 2.24) is 10.1 Å². The van der Waals surface area contributed by atoms with Gasteiger partial charge < -0.3 is 19.3 Å². The van der Waals surface area contributed by atoms with E-state index in [-0.39, 0.29) is 12.5 Å². The van der Waals surface area contributed by atoms with Crippen LogP contribution in [0.1, 0.15) is 5.56 Å². The minimum absolute atomic E-state index is 0.108. The molecule has 0 aliphatic carbocycles. The van der Waals surface area contributed by atoms with Gasteiger partial charge in [0, 0.05) is 16.8 Å². The number of nitrogens with zero attached hydrogens (tertiary/aromatic N) is 2. The quantitative estimate of drug-likeness (QED) is 0.469. The number of ether oxygens (including phenoxy) is 2. The Morgan fingerprint density at radius 1 is 0.968 bits per heavy atom. The Morgan fingerprint density at radius 3 is 2.42 bits per heavy atom. The molecular weight excluding hydrogens is 394 g/mol. The van der Waals surface area contributed by atoms with Crippen molar-refractivity contribution in [1.29, 1.82) is 0 Å². The monoisotopic (exact) mass is 415 g/mol. The third-order valence-electron chi connectivity index (χ3n) is 4.64. The zero-order valence-electron chi connectivity index (χ0n) is 17.2. The molecule has 0 atom stereocenters. The van der Waals surface area contributed by atoms with Crippen LogP contribution in [0.5, 0.6) is 11.5 Å². The Bertz CT molecular complexity index is 1170. The maximum Gasteiger partial charge on any atom is 0.262 e. The molecule has 0 spiro atoms. The minimum atomic E-state index is -0.248. The number of aromatic nitrogens is 2. The first-order chi connectivity index (χ1) is 15.1. The number of hydrogen-bond donors (Lipinski definition) is 1. The number of carbonyl (C=O) groups is 1. The number of amides is 1. The molecule has 0 saturated carbocycles. The molecule has 1 heterocycles. The largest absolute Gasteiger partial charge is 0.497 e. The summed E-state index contributed by atoms with van der Waals surface area (Å²) in [6.07, 6.45) is 0. The third-order valence-corrected chi connectivity index (χ3v) is 4.64. The Kier molecular flexibility index (Phi) is 5.93. The fourth-order valence-electron chi connectivity index (χ4n) is 2.98. The predicted molar refractivity (Wildman–Crippen MR) is 117 cm³/mol. The summed E-state index contributed by atoms with van der Waals surface area (Å²) in [4.78, 5) is 16.6. The summed E-state index contributed by atoms with van der Waals surface area (Å²) in [5.41, 5.74) is 3.28. The number of methoxy groups -OCH3 is 1. The Labute approximate surface area is 179 Å². The zero-order valence-corrected chi connectivity index (χ0v) is 17.2. The van der Waals surface area contributed by atoms with Crippen molar-refractivity contribution in [2.24, 2.45) is 0 Å². The van der Waals surface area contributed by atoms with E-state index in [0.29, 0.717) is 17.5 Å². The second kappa shape index (κ2) is 9.13. The maximum atomic E-state index is 12.2. The van der Waals surface area contributed by atoms with Crippen molar-refractivity contribution < 1.29 is 18.8 Å². The topological polar surface area (TPSA) is 86.5 Å². The van der Waals surface area contributed by atoms with E-state index in [0.717, 1.165) is 28.1 Å². The average molecular weight is 415 g/mol. The molecule has 156 valence electrons. The first-order valence-electron chi connectivity index (χ1n) is 9.69. The summed E-state index contributed by atoms with van der Waals surface area (Å²) in [5, 5.41) is 6.86. The summed E-state index contributed by atoms with van der Waals surface area (Å²) in [7, 11) is 1.60. The van der Waals surface area contributed by atoms with Crippen LogP contribution in [0.2, 0.25) is 0 Å². The second-order valence-corrected chi connectivity index (χ2v) is 6.83. The third kappa shape index (κ3) is 4.90. The lowest BCUT2D eigenvalue weighted by atomic mass is 10.2. The number of rotatable bonds is 7. The van der Waals surface area contributed by atoms with Gasteiger partial charge in [-0.05, 0) is 55.0 Å². The minimum Gasteiger partial charge on any atom is -0.497 e. The summed E-state index contributed by atoms with van der Waals surface area (Å²) in [5.74, 6) is 2.00. The maximum absolute atomic E-state index is 12.2. The van der Waals surface area contributed by atoms with Crippen LogP contribution >= 0.6 is 0 Å². The highest BCUT2D eigenvalue weighted by molar-refractivity contribution is 5.92. The summed E-state index contributed by atoms with van der Waals surface area (Å²) < 4.78 is 16.1. The van der Waals surface area contributed by atoms with Gasteiger partial charge in [-0.25, -0.2) is 0 Å². The van der Waals surface area contributed by atoms with Gasteiger partial charge in [-0.15, -0.1) is 0 Å². The standard InChI is InChI=1S/C24H21N3O4/c1-16-14-20(29-2)12-13-21(16)25-22(28)15-30-19-10-8-18(9-11-19)24-26-23(27-31-24)17-6-4-3-5-7-17/h3-14H,15H2,1-2H3,(H,25,28). The smallest absolute Gasteiger partial charge is 0.262 e. The van der Waals surface area contributed by atoms with Crippen molar-refractivity contribution in [3.63, 3.8) is 0 Å². The average Bonchev–Trinajstić information content (AvgIpc) is 3.30. The first-order valence-corrected chi connectivity index (χ1v) is 9.69.